The van der Waals surface area contributed by atoms with Gasteiger partial charge in [-0.1, -0.05) is 6.42 Å². The largest absolute Gasteiger partial charge is 0.446 e. The van der Waals surface area contributed by atoms with E-state index in [-0.39, 0.29) is 12.2 Å². The van der Waals surface area contributed by atoms with Gasteiger partial charge >= 0.3 is 6.09 Å². The Bertz CT molecular complexity index is 224. The van der Waals surface area contributed by atoms with Crippen LogP contribution in [0.15, 0.2) is 0 Å². The fourth-order valence-corrected chi connectivity index (χ4v) is 2.60. The molecule has 0 radical (unpaired) electrons. The van der Waals surface area contributed by atoms with Crippen LogP contribution in [0.25, 0.3) is 0 Å². The molecule has 0 aromatic carbocycles. The molecule has 0 bridgehead atoms. The Labute approximate surface area is 91.8 Å². The van der Waals surface area contributed by atoms with E-state index in [0.29, 0.717) is 6.04 Å². The van der Waals surface area contributed by atoms with Crippen LogP contribution in [0, 0.1) is 0 Å². The Morgan fingerprint density at radius 2 is 1.87 bits per heavy atom. The first-order valence-corrected chi connectivity index (χ1v) is 6.24. The zero-order valence-corrected chi connectivity index (χ0v) is 9.58. The molecule has 3 heteroatoms. The summed E-state index contributed by atoms with van der Waals surface area (Å²) < 4.78 is 5.53. The fraction of sp³-hybridized carbons (Fsp3) is 0.917. The molecule has 3 nitrogen and oxygen atoms in total. The highest BCUT2D eigenvalue weighted by atomic mass is 16.6. The van der Waals surface area contributed by atoms with E-state index in [1.807, 2.05) is 4.90 Å². The fourth-order valence-electron chi connectivity index (χ4n) is 2.60. The Kier molecular flexibility index (Phi) is 3.49. The average Bonchev–Trinajstić information content (AvgIpc) is 2.66. The first-order chi connectivity index (χ1) is 7.27. The van der Waals surface area contributed by atoms with Crippen molar-refractivity contribution in [2.45, 2.75) is 64.0 Å². The molecule has 2 aliphatic rings. The second-order valence-corrected chi connectivity index (χ2v) is 4.83. The number of carbonyl (C=O) groups is 1. The molecule has 0 aromatic heterocycles. The van der Waals surface area contributed by atoms with E-state index >= 15 is 0 Å². The molecule has 1 unspecified atom stereocenters. The minimum Gasteiger partial charge on any atom is -0.446 e. The van der Waals surface area contributed by atoms with E-state index in [0.717, 1.165) is 32.2 Å². The molecule has 0 aromatic rings. The molecule has 1 saturated carbocycles. The minimum absolute atomic E-state index is 0.0769. The van der Waals surface area contributed by atoms with Gasteiger partial charge in [-0.25, -0.2) is 4.79 Å². The molecular formula is C12H21NO2. The number of carbonyl (C=O) groups excluding carboxylic acids is 1. The van der Waals surface area contributed by atoms with E-state index in [9.17, 15) is 4.79 Å². The Morgan fingerprint density at radius 1 is 1.13 bits per heavy atom. The van der Waals surface area contributed by atoms with Gasteiger partial charge in [0, 0.05) is 12.6 Å². The smallest absolute Gasteiger partial charge is 0.410 e. The van der Waals surface area contributed by atoms with Gasteiger partial charge < -0.3 is 9.64 Å². The summed E-state index contributed by atoms with van der Waals surface area (Å²) in [7, 11) is 0. The van der Waals surface area contributed by atoms with Gasteiger partial charge in [0.2, 0.25) is 0 Å². The highest BCUT2D eigenvalue weighted by molar-refractivity contribution is 5.68. The lowest BCUT2D eigenvalue weighted by Gasteiger charge is -2.27. The highest BCUT2D eigenvalue weighted by Gasteiger charge is 2.28. The second kappa shape index (κ2) is 4.86. The standard InChI is InChI=1S/C12H21NO2/c1-10-6-5-9-13(10)12(14)15-11-7-3-2-4-8-11/h10-11H,2-9H2,1H3. The predicted molar refractivity (Wildman–Crippen MR) is 58.8 cm³/mol. The van der Waals surface area contributed by atoms with Crippen LogP contribution < -0.4 is 0 Å². The zero-order chi connectivity index (χ0) is 10.7. The van der Waals surface area contributed by atoms with E-state index in [1.165, 1.54) is 19.3 Å². The van der Waals surface area contributed by atoms with E-state index < -0.39 is 0 Å². The zero-order valence-electron chi connectivity index (χ0n) is 9.58. The summed E-state index contributed by atoms with van der Waals surface area (Å²) in [5.41, 5.74) is 0. The summed E-state index contributed by atoms with van der Waals surface area (Å²) in [5.74, 6) is 0. The molecule has 1 amide bonds. The third kappa shape index (κ3) is 2.64. The van der Waals surface area contributed by atoms with Crippen LogP contribution in [0.2, 0.25) is 0 Å². The average molecular weight is 211 g/mol. The third-order valence-electron chi connectivity index (χ3n) is 3.61. The number of likely N-dealkylation sites (tertiary alicyclic amines) is 1. The first kappa shape index (κ1) is 10.8. The Morgan fingerprint density at radius 3 is 2.47 bits per heavy atom. The summed E-state index contributed by atoms with van der Waals surface area (Å²) in [6.45, 7) is 2.99. The molecule has 86 valence electrons. The van der Waals surface area contributed by atoms with E-state index in [2.05, 4.69) is 6.92 Å². The lowest BCUT2D eigenvalue weighted by molar-refractivity contribution is 0.0446. The number of ether oxygens (including phenoxy) is 1. The van der Waals surface area contributed by atoms with E-state index in [4.69, 9.17) is 4.74 Å². The lowest BCUT2D eigenvalue weighted by atomic mass is 9.98. The summed E-state index contributed by atoms with van der Waals surface area (Å²) in [6.07, 6.45) is 8.23. The molecule has 1 atom stereocenters. The van der Waals surface area contributed by atoms with Crippen LogP contribution in [-0.2, 0) is 4.74 Å². The van der Waals surface area contributed by atoms with Gasteiger partial charge in [-0.2, -0.15) is 0 Å². The van der Waals surface area contributed by atoms with Gasteiger partial charge in [0.1, 0.15) is 6.10 Å². The summed E-state index contributed by atoms with van der Waals surface area (Å²) in [6, 6.07) is 0.376. The van der Waals surface area contributed by atoms with Crippen molar-refractivity contribution in [1.29, 1.82) is 0 Å². The Hall–Kier alpha value is -0.730. The maximum atomic E-state index is 11.8. The van der Waals surface area contributed by atoms with Gasteiger partial charge in [-0.05, 0) is 45.4 Å². The molecule has 1 saturated heterocycles. The molecule has 2 fully saturated rings. The van der Waals surface area contributed by atoms with Gasteiger partial charge in [0.25, 0.3) is 0 Å². The topological polar surface area (TPSA) is 29.5 Å². The van der Waals surface area contributed by atoms with Crippen molar-refractivity contribution >= 4 is 6.09 Å². The lowest BCUT2D eigenvalue weighted by Crippen LogP contribution is -2.36. The number of hydrogen-bond acceptors (Lipinski definition) is 2. The van der Waals surface area contributed by atoms with Crippen LogP contribution in [0.5, 0.6) is 0 Å². The number of hydrogen-bond donors (Lipinski definition) is 0. The third-order valence-corrected chi connectivity index (χ3v) is 3.61. The van der Waals surface area contributed by atoms with Crippen LogP contribution >= 0.6 is 0 Å². The van der Waals surface area contributed by atoms with Crippen molar-refractivity contribution in [1.82, 2.24) is 4.90 Å². The molecular weight excluding hydrogens is 190 g/mol. The number of rotatable bonds is 1. The number of nitrogens with zero attached hydrogens (tertiary/aromatic N) is 1. The minimum atomic E-state index is -0.0769. The molecule has 15 heavy (non-hydrogen) atoms. The van der Waals surface area contributed by atoms with Gasteiger partial charge in [0.05, 0.1) is 0 Å². The van der Waals surface area contributed by atoms with Gasteiger partial charge in [-0.3, -0.25) is 0 Å². The molecule has 1 aliphatic heterocycles. The van der Waals surface area contributed by atoms with Gasteiger partial charge in [-0.15, -0.1) is 0 Å². The monoisotopic (exact) mass is 211 g/mol. The quantitative estimate of drug-likeness (QED) is 0.667. The van der Waals surface area contributed by atoms with Crippen molar-refractivity contribution in [3.05, 3.63) is 0 Å². The summed E-state index contributed by atoms with van der Waals surface area (Å²) >= 11 is 0. The van der Waals surface area contributed by atoms with Crippen LogP contribution in [-0.4, -0.2) is 29.7 Å². The summed E-state index contributed by atoms with van der Waals surface area (Å²) in [4.78, 5) is 13.7. The van der Waals surface area contributed by atoms with Crippen LogP contribution in [0.4, 0.5) is 4.79 Å². The maximum absolute atomic E-state index is 11.8. The van der Waals surface area contributed by atoms with Crippen molar-refractivity contribution in [2.75, 3.05) is 6.54 Å². The second-order valence-electron chi connectivity index (χ2n) is 4.83. The number of amides is 1. The molecule has 2 rings (SSSR count). The normalized spacial score (nSPS) is 28.1. The molecule has 0 N–H and O–H groups in total. The highest BCUT2D eigenvalue weighted by Crippen LogP contribution is 2.23. The van der Waals surface area contributed by atoms with Gasteiger partial charge in [0.15, 0.2) is 0 Å². The Balaban J connectivity index is 1.80. The van der Waals surface area contributed by atoms with Crippen molar-refractivity contribution in [3.63, 3.8) is 0 Å². The van der Waals surface area contributed by atoms with Crippen LogP contribution in [0.1, 0.15) is 51.9 Å². The van der Waals surface area contributed by atoms with E-state index in [1.54, 1.807) is 0 Å². The predicted octanol–water partition coefficient (Wildman–Crippen LogP) is 2.94. The SMILES string of the molecule is CC1CCCN1C(=O)OC1CCCCC1. The molecule has 1 aliphatic carbocycles. The molecule has 1 heterocycles. The molecule has 0 spiro atoms. The maximum Gasteiger partial charge on any atom is 0.410 e. The van der Waals surface area contributed by atoms with Crippen molar-refractivity contribution in [2.24, 2.45) is 0 Å². The summed E-state index contributed by atoms with van der Waals surface area (Å²) in [5, 5.41) is 0. The van der Waals surface area contributed by atoms with Crippen molar-refractivity contribution < 1.29 is 9.53 Å². The first-order valence-electron chi connectivity index (χ1n) is 6.24. The van der Waals surface area contributed by atoms with Crippen LogP contribution in [0.3, 0.4) is 0 Å². The van der Waals surface area contributed by atoms with Crippen molar-refractivity contribution in [3.8, 4) is 0 Å².